The second-order valence-electron chi connectivity index (χ2n) is 3.18. The molecule has 0 aromatic heterocycles. The predicted octanol–water partition coefficient (Wildman–Crippen LogP) is 2.38. The molecule has 1 aliphatic heterocycles. The van der Waals surface area contributed by atoms with Crippen LogP contribution in [0, 0.1) is 12.3 Å². The van der Waals surface area contributed by atoms with Crippen molar-refractivity contribution in [3.8, 4) is 12.3 Å². The van der Waals surface area contributed by atoms with Gasteiger partial charge in [0, 0.05) is 11.5 Å². The predicted molar refractivity (Wildman–Crippen MR) is 58.5 cm³/mol. The van der Waals surface area contributed by atoms with E-state index < -0.39 is 0 Å². The van der Waals surface area contributed by atoms with Crippen molar-refractivity contribution in [1.29, 1.82) is 0 Å². The summed E-state index contributed by atoms with van der Waals surface area (Å²) in [4.78, 5) is 0. The molecule has 0 atom stereocenters. The molecule has 0 fully saturated rings. The van der Waals surface area contributed by atoms with Gasteiger partial charge in [-0.2, -0.15) is 0 Å². The van der Waals surface area contributed by atoms with E-state index >= 15 is 0 Å². The van der Waals surface area contributed by atoms with E-state index in [1.54, 1.807) is 0 Å². The lowest BCUT2D eigenvalue weighted by atomic mass is 9.96. The highest BCUT2D eigenvalue weighted by molar-refractivity contribution is 5.39. The van der Waals surface area contributed by atoms with Gasteiger partial charge in [0.1, 0.15) is 0 Å². The minimum absolute atomic E-state index is 0.338. The third kappa shape index (κ3) is 1.70. The van der Waals surface area contributed by atoms with Gasteiger partial charge in [0.25, 0.3) is 0 Å². The third-order valence-corrected chi connectivity index (χ3v) is 2.24. The zero-order valence-corrected chi connectivity index (χ0v) is 7.77. The van der Waals surface area contributed by atoms with Gasteiger partial charge in [-0.15, -0.1) is 6.42 Å². The van der Waals surface area contributed by atoms with Crippen molar-refractivity contribution in [3.63, 3.8) is 0 Å². The molecule has 0 unspecified atom stereocenters. The fourth-order valence-corrected chi connectivity index (χ4v) is 1.50. The van der Waals surface area contributed by atoms with Crippen LogP contribution in [0.4, 0.5) is 0 Å². The van der Waals surface area contributed by atoms with Crippen molar-refractivity contribution in [2.75, 3.05) is 0 Å². The largest absolute Gasteiger partial charge is 0.368 e. The third-order valence-electron chi connectivity index (χ3n) is 2.24. The van der Waals surface area contributed by atoms with Gasteiger partial charge in [0.2, 0.25) is 0 Å². The first-order chi connectivity index (χ1) is 6.90. The molecule has 68 valence electrons. The van der Waals surface area contributed by atoms with E-state index in [0.717, 1.165) is 5.56 Å². The Morgan fingerprint density at radius 1 is 1.21 bits per heavy atom. The molecule has 1 heteroatoms. The van der Waals surface area contributed by atoms with E-state index in [1.807, 2.05) is 30.6 Å². The van der Waals surface area contributed by atoms with Gasteiger partial charge in [-0.05, 0) is 30.1 Å². The van der Waals surface area contributed by atoms with Crippen molar-refractivity contribution < 1.29 is 0 Å². The van der Waals surface area contributed by atoms with E-state index in [-0.39, 0.29) is 0 Å². The Balaban J connectivity index is 2.32. The molecular weight excluding hydrogens is 170 g/mol. The van der Waals surface area contributed by atoms with Gasteiger partial charge in [0.05, 0.1) is 0 Å². The van der Waals surface area contributed by atoms with Gasteiger partial charge in [0.15, 0.2) is 0 Å². The summed E-state index contributed by atoms with van der Waals surface area (Å²) >= 11 is 0. The highest BCUT2D eigenvalue weighted by Crippen LogP contribution is 2.20. The number of terminal acetylenes is 1. The van der Waals surface area contributed by atoms with Crippen molar-refractivity contribution in [3.05, 3.63) is 59.9 Å². The average molecular weight is 181 g/mol. The minimum Gasteiger partial charge on any atom is -0.368 e. The molecule has 0 saturated heterocycles. The fraction of sp³-hybridized carbons (Fsp3) is 0.0769. The van der Waals surface area contributed by atoms with E-state index in [1.165, 1.54) is 5.56 Å². The molecule has 1 aromatic carbocycles. The number of rotatable bonds is 1. The van der Waals surface area contributed by atoms with Gasteiger partial charge < -0.3 is 5.32 Å². The first-order valence-electron chi connectivity index (χ1n) is 4.56. The second-order valence-corrected chi connectivity index (χ2v) is 3.18. The molecule has 1 N–H and O–H groups in total. The van der Waals surface area contributed by atoms with Gasteiger partial charge in [-0.3, -0.25) is 0 Å². The molecule has 2 rings (SSSR count). The van der Waals surface area contributed by atoms with Gasteiger partial charge in [-0.25, -0.2) is 0 Å². The quantitative estimate of drug-likeness (QED) is 0.656. The number of nitrogens with one attached hydrogen (secondary N) is 1. The van der Waals surface area contributed by atoms with E-state index in [4.69, 9.17) is 6.42 Å². The lowest BCUT2D eigenvalue weighted by Crippen LogP contribution is -2.02. The molecule has 1 aromatic rings. The Kier molecular flexibility index (Phi) is 2.38. The molecular formula is C13H11N. The summed E-state index contributed by atoms with van der Waals surface area (Å²) in [5.74, 6) is 2.98. The molecule has 0 spiro atoms. The van der Waals surface area contributed by atoms with Crippen molar-refractivity contribution in [1.82, 2.24) is 5.32 Å². The second kappa shape index (κ2) is 3.85. The first-order valence-corrected chi connectivity index (χ1v) is 4.56. The normalized spacial score (nSPS) is 14.8. The van der Waals surface area contributed by atoms with Crippen LogP contribution < -0.4 is 5.32 Å². The van der Waals surface area contributed by atoms with E-state index in [0.29, 0.717) is 5.92 Å². The maximum Gasteiger partial charge on any atom is 0.0245 e. The van der Waals surface area contributed by atoms with Crippen LogP contribution in [0.25, 0.3) is 0 Å². The van der Waals surface area contributed by atoms with Crippen LogP contribution >= 0.6 is 0 Å². The standard InChI is InChI=1S/C13H11N/c1-2-11-4-3-5-13(10-11)12-6-8-14-9-7-12/h1,3-10,12,14H. The smallest absolute Gasteiger partial charge is 0.0245 e. The summed E-state index contributed by atoms with van der Waals surface area (Å²) in [6, 6.07) is 8.07. The van der Waals surface area contributed by atoms with Crippen LogP contribution in [-0.2, 0) is 0 Å². The zero-order valence-electron chi connectivity index (χ0n) is 7.77. The van der Waals surface area contributed by atoms with Crippen LogP contribution in [0.1, 0.15) is 17.0 Å². The Hall–Kier alpha value is -1.94. The van der Waals surface area contributed by atoms with Crippen molar-refractivity contribution in [2.45, 2.75) is 5.92 Å². The first kappa shape index (κ1) is 8.65. The molecule has 0 amide bonds. The summed E-state index contributed by atoms with van der Waals surface area (Å²) in [6.07, 6.45) is 13.4. The number of dihydropyridines is 1. The average Bonchev–Trinajstić information content (AvgIpc) is 2.30. The maximum absolute atomic E-state index is 5.35. The molecule has 14 heavy (non-hydrogen) atoms. The van der Waals surface area contributed by atoms with Gasteiger partial charge in [-0.1, -0.05) is 30.2 Å². The Morgan fingerprint density at radius 3 is 2.71 bits per heavy atom. The Bertz CT molecular complexity index is 409. The van der Waals surface area contributed by atoms with Crippen LogP contribution in [0.5, 0.6) is 0 Å². The lowest BCUT2D eigenvalue weighted by molar-refractivity contribution is 0.994. The number of hydrogen-bond donors (Lipinski definition) is 1. The van der Waals surface area contributed by atoms with Crippen molar-refractivity contribution in [2.24, 2.45) is 0 Å². The highest BCUT2D eigenvalue weighted by atomic mass is 14.8. The highest BCUT2D eigenvalue weighted by Gasteiger charge is 2.05. The minimum atomic E-state index is 0.338. The topological polar surface area (TPSA) is 12.0 Å². The van der Waals surface area contributed by atoms with Gasteiger partial charge >= 0.3 is 0 Å². The Morgan fingerprint density at radius 2 is 2.00 bits per heavy atom. The fourth-order valence-electron chi connectivity index (χ4n) is 1.50. The monoisotopic (exact) mass is 181 g/mol. The van der Waals surface area contributed by atoms with E-state index in [9.17, 15) is 0 Å². The molecule has 1 heterocycles. The lowest BCUT2D eigenvalue weighted by Gasteiger charge is -2.12. The van der Waals surface area contributed by atoms with Crippen LogP contribution in [0.15, 0.2) is 48.8 Å². The summed E-state index contributed by atoms with van der Waals surface area (Å²) in [7, 11) is 0. The van der Waals surface area contributed by atoms with Crippen LogP contribution in [0.2, 0.25) is 0 Å². The Labute approximate surface area is 84.2 Å². The SMILES string of the molecule is C#Cc1cccc(C2C=CNC=C2)c1. The van der Waals surface area contributed by atoms with Crippen molar-refractivity contribution >= 4 is 0 Å². The number of allylic oxidation sites excluding steroid dienone is 2. The molecule has 1 nitrogen and oxygen atoms in total. The summed E-state index contributed by atoms with van der Waals surface area (Å²) in [5.41, 5.74) is 2.16. The number of benzene rings is 1. The number of hydrogen-bond acceptors (Lipinski definition) is 1. The summed E-state index contributed by atoms with van der Waals surface area (Å²) in [5, 5.41) is 3.01. The summed E-state index contributed by atoms with van der Waals surface area (Å²) < 4.78 is 0. The molecule has 0 saturated carbocycles. The molecule has 0 aliphatic carbocycles. The molecule has 1 aliphatic rings. The maximum atomic E-state index is 5.35. The molecule has 0 radical (unpaired) electrons. The van der Waals surface area contributed by atoms with Crippen LogP contribution in [0.3, 0.4) is 0 Å². The van der Waals surface area contributed by atoms with E-state index in [2.05, 4.69) is 29.5 Å². The molecule has 0 bridgehead atoms. The summed E-state index contributed by atoms with van der Waals surface area (Å²) in [6.45, 7) is 0. The zero-order chi connectivity index (χ0) is 9.80. The van der Waals surface area contributed by atoms with Crippen LogP contribution in [-0.4, -0.2) is 0 Å².